The minimum Gasteiger partial charge on any atom is -0.392 e. The van der Waals surface area contributed by atoms with Gasteiger partial charge in [0.25, 0.3) is 0 Å². The molecule has 2 fully saturated rings. The molecule has 0 saturated heterocycles. The van der Waals surface area contributed by atoms with Crippen molar-refractivity contribution in [2.75, 3.05) is 6.54 Å². The maximum absolute atomic E-state index is 9.74. The van der Waals surface area contributed by atoms with Crippen LogP contribution >= 0.6 is 0 Å². The van der Waals surface area contributed by atoms with E-state index < -0.39 is 0 Å². The standard InChI is InChI=1S/C14H27NO/c1-2-6-12(16)11-15-13-7-10-14(13)8-4-3-5-9-14/h12-13,15-16H,2-11H2,1H3. The van der Waals surface area contributed by atoms with E-state index in [1.807, 2.05) is 0 Å². The Labute approximate surface area is 99.8 Å². The second-order valence-electron chi connectivity index (χ2n) is 5.87. The second kappa shape index (κ2) is 5.50. The minimum absolute atomic E-state index is 0.133. The molecule has 2 aliphatic carbocycles. The van der Waals surface area contributed by atoms with Crippen molar-refractivity contribution in [2.24, 2.45) is 5.41 Å². The lowest BCUT2D eigenvalue weighted by Crippen LogP contribution is -2.55. The van der Waals surface area contributed by atoms with E-state index in [1.54, 1.807) is 0 Å². The first-order valence-electron chi connectivity index (χ1n) is 7.18. The third kappa shape index (κ3) is 2.60. The summed E-state index contributed by atoms with van der Waals surface area (Å²) in [4.78, 5) is 0. The van der Waals surface area contributed by atoms with E-state index in [1.165, 1.54) is 44.9 Å². The summed E-state index contributed by atoms with van der Waals surface area (Å²) in [6, 6.07) is 0.708. The van der Waals surface area contributed by atoms with E-state index in [2.05, 4.69) is 12.2 Å². The van der Waals surface area contributed by atoms with Crippen LogP contribution in [0.2, 0.25) is 0 Å². The maximum Gasteiger partial charge on any atom is 0.0664 e. The van der Waals surface area contributed by atoms with E-state index in [9.17, 15) is 5.11 Å². The maximum atomic E-state index is 9.74. The number of nitrogens with one attached hydrogen (secondary N) is 1. The summed E-state index contributed by atoms with van der Waals surface area (Å²) in [7, 11) is 0. The Morgan fingerprint density at radius 2 is 2.00 bits per heavy atom. The zero-order valence-electron chi connectivity index (χ0n) is 10.7. The van der Waals surface area contributed by atoms with Crippen LogP contribution in [0.25, 0.3) is 0 Å². The van der Waals surface area contributed by atoms with Crippen molar-refractivity contribution < 1.29 is 5.11 Å². The normalized spacial score (nSPS) is 30.0. The summed E-state index contributed by atoms with van der Waals surface area (Å²) in [5, 5.41) is 13.4. The Morgan fingerprint density at radius 1 is 1.25 bits per heavy atom. The van der Waals surface area contributed by atoms with E-state index >= 15 is 0 Å². The fraction of sp³-hybridized carbons (Fsp3) is 1.00. The summed E-state index contributed by atoms with van der Waals surface area (Å²) >= 11 is 0. The largest absolute Gasteiger partial charge is 0.392 e. The number of hydrogen-bond acceptors (Lipinski definition) is 2. The topological polar surface area (TPSA) is 32.3 Å². The quantitative estimate of drug-likeness (QED) is 0.754. The molecule has 16 heavy (non-hydrogen) atoms. The predicted molar refractivity (Wildman–Crippen MR) is 67.5 cm³/mol. The fourth-order valence-corrected chi connectivity index (χ4v) is 3.58. The van der Waals surface area contributed by atoms with Crippen LogP contribution < -0.4 is 5.32 Å². The van der Waals surface area contributed by atoms with Crippen LogP contribution in [0.1, 0.15) is 64.7 Å². The van der Waals surface area contributed by atoms with E-state index in [4.69, 9.17) is 0 Å². The monoisotopic (exact) mass is 225 g/mol. The molecule has 0 heterocycles. The molecule has 2 unspecified atom stereocenters. The Kier molecular flexibility index (Phi) is 4.26. The van der Waals surface area contributed by atoms with Gasteiger partial charge in [0.15, 0.2) is 0 Å². The highest BCUT2D eigenvalue weighted by Crippen LogP contribution is 2.51. The van der Waals surface area contributed by atoms with Gasteiger partial charge in [-0.25, -0.2) is 0 Å². The van der Waals surface area contributed by atoms with Crippen molar-refractivity contribution in [3.05, 3.63) is 0 Å². The molecule has 2 nitrogen and oxygen atoms in total. The first kappa shape index (κ1) is 12.4. The van der Waals surface area contributed by atoms with Crippen LogP contribution in [0.4, 0.5) is 0 Å². The number of rotatable bonds is 5. The van der Waals surface area contributed by atoms with Crippen molar-refractivity contribution in [3.63, 3.8) is 0 Å². The highest BCUT2D eigenvalue weighted by Gasteiger charge is 2.46. The second-order valence-corrected chi connectivity index (χ2v) is 5.87. The molecule has 0 aromatic heterocycles. The van der Waals surface area contributed by atoms with E-state index in [-0.39, 0.29) is 6.10 Å². The van der Waals surface area contributed by atoms with Crippen LogP contribution in [0.15, 0.2) is 0 Å². The van der Waals surface area contributed by atoms with Gasteiger partial charge in [-0.2, -0.15) is 0 Å². The zero-order chi connectivity index (χ0) is 11.4. The molecule has 0 aromatic rings. The lowest BCUT2D eigenvalue weighted by Gasteiger charge is -2.52. The summed E-state index contributed by atoms with van der Waals surface area (Å²) in [6.45, 7) is 2.94. The molecule has 0 aliphatic heterocycles. The molecule has 0 aromatic carbocycles. The van der Waals surface area contributed by atoms with Crippen molar-refractivity contribution in [3.8, 4) is 0 Å². The van der Waals surface area contributed by atoms with Crippen LogP contribution in [-0.2, 0) is 0 Å². The van der Waals surface area contributed by atoms with Crippen LogP contribution in [0.5, 0.6) is 0 Å². The SMILES string of the molecule is CCCC(O)CNC1CCC12CCCCC2. The predicted octanol–water partition coefficient (Wildman–Crippen LogP) is 2.85. The Bertz CT molecular complexity index is 211. The lowest BCUT2D eigenvalue weighted by atomic mass is 9.57. The molecule has 2 saturated carbocycles. The van der Waals surface area contributed by atoms with Gasteiger partial charge in [0.1, 0.15) is 0 Å². The van der Waals surface area contributed by atoms with Crippen molar-refractivity contribution >= 4 is 0 Å². The zero-order valence-corrected chi connectivity index (χ0v) is 10.7. The third-order valence-electron chi connectivity index (χ3n) is 4.74. The molecular formula is C14H27NO. The summed E-state index contributed by atoms with van der Waals surface area (Å²) in [6.07, 6.45) is 11.8. The van der Waals surface area contributed by atoms with Crippen molar-refractivity contribution in [1.82, 2.24) is 5.32 Å². The molecular weight excluding hydrogens is 198 g/mol. The van der Waals surface area contributed by atoms with Crippen molar-refractivity contribution in [2.45, 2.75) is 76.9 Å². The molecule has 0 amide bonds. The molecule has 2 atom stereocenters. The molecule has 94 valence electrons. The van der Waals surface area contributed by atoms with Crippen LogP contribution in [-0.4, -0.2) is 23.8 Å². The highest BCUT2D eigenvalue weighted by molar-refractivity contribution is 5.01. The molecule has 2 N–H and O–H groups in total. The van der Waals surface area contributed by atoms with Gasteiger partial charge in [-0.05, 0) is 37.5 Å². The van der Waals surface area contributed by atoms with Gasteiger partial charge in [-0.1, -0.05) is 32.6 Å². The summed E-state index contributed by atoms with van der Waals surface area (Å²) in [5.74, 6) is 0. The molecule has 2 rings (SSSR count). The number of hydrogen-bond donors (Lipinski definition) is 2. The average molecular weight is 225 g/mol. The third-order valence-corrected chi connectivity index (χ3v) is 4.74. The fourth-order valence-electron chi connectivity index (χ4n) is 3.58. The number of aliphatic hydroxyl groups excluding tert-OH is 1. The van der Waals surface area contributed by atoms with Gasteiger partial charge < -0.3 is 10.4 Å². The smallest absolute Gasteiger partial charge is 0.0664 e. The molecule has 2 aliphatic rings. The molecule has 2 heteroatoms. The van der Waals surface area contributed by atoms with Gasteiger partial charge >= 0.3 is 0 Å². The molecule has 1 spiro atoms. The van der Waals surface area contributed by atoms with Gasteiger partial charge in [0, 0.05) is 12.6 Å². The van der Waals surface area contributed by atoms with Gasteiger partial charge in [0.05, 0.1) is 6.10 Å². The minimum atomic E-state index is -0.133. The Hall–Kier alpha value is -0.0800. The summed E-state index contributed by atoms with van der Waals surface area (Å²) < 4.78 is 0. The van der Waals surface area contributed by atoms with Crippen molar-refractivity contribution in [1.29, 1.82) is 0 Å². The van der Waals surface area contributed by atoms with Crippen LogP contribution in [0, 0.1) is 5.41 Å². The first-order chi connectivity index (χ1) is 7.77. The average Bonchev–Trinajstić information content (AvgIpc) is 2.29. The Morgan fingerprint density at radius 3 is 2.56 bits per heavy atom. The highest BCUT2D eigenvalue weighted by atomic mass is 16.3. The Balaban J connectivity index is 1.73. The van der Waals surface area contributed by atoms with Crippen LogP contribution in [0.3, 0.4) is 0 Å². The van der Waals surface area contributed by atoms with Gasteiger partial charge in [-0.3, -0.25) is 0 Å². The van der Waals surface area contributed by atoms with E-state index in [0.29, 0.717) is 11.5 Å². The molecule has 0 bridgehead atoms. The molecule has 0 radical (unpaired) electrons. The number of aliphatic hydroxyl groups is 1. The summed E-state index contributed by atoms with van der Waals surface area (Å²) in [5.41, 5.74) is 0.629. The first-order valence-corrected chi connectivity index (χ1v) is 7.18. The lowest BCUT2D eigenvalue weighted by molar-refractivity contribution is 0.0151. The van der Waals surface area contributed by atoms with Gasteiger partial charge in [-0.15, -0.1) is 0 Å². The van der Waals surface area contributed by atoms with E-state index in [0.717, 1.165) is 19.4 Å². The van der Waals surface area contributed by atoms with Gasteiger partial charge in [0.2, 0.25) is 0 Å².